The van der Waals surface area contributed by atoms with Gasteiger partial charge < -0.3 is 19.5 Å². The molecule has 104 valence electrons. The number of hydrogen-bond donors (Lipinski definition) is 1. The van der Waals surface area contributed by atoms with Crippen molar-refractivity contribution in [3.63, 3.8) is 0 Å². The molecule has 1 saturated heterocycles. The summed E-state index contributed by atoms with van der Waals surface area (Å²) < 4.78 is 16.9. The lowest BCUT2D eigenvalue weighted by Crippen LogP contribution is -2.30. The molecule has 1 atom stereocenters. The molecule has 0 saturated carbocycles. The summed E-state index contributed by atoms with van der Waals surface area (Å²) in [6.45, 7) is 4.02. The Morgan fingerprint density at radius 3 is 3.00 bits per heavy atom. The van der Waals surface area contributed by atoms with Gasteiger partial charge in [-0.3, -0.25) is 0 Å². The van der Waals surface area contributed by atoms with Crippen LogP contribution >= 0.6 is 0 Å². The molecule has 0 bridgehead atoms. The molecule has 2 aliphatic heterocycles. The SMILES string of the molecule is COCc1ccc2c(c1C1CCCNC1)OCCO2. The molecule has 3 rings (SSSR count). The van der Waals surface area contributed by atoms with Crippen molar-refractivity contribution < 1.29 is 14.2 Å². The highest BCUT2D eigenvalue weighted by atomic mass is 16.6. The third kappa shape index (κ3) is 2.55. The smallest absolute Gasteiger partial charge is 0.165 e. The molecule has 1 N–H and O–H groups in total. The fourth-order valence-corrected chi connectivity index (χ4v) is 3.01. The maximum Gasteiger partial charge on any atom is 0.165 e. The lowest BCUT2D eigenvalue weighted by atomic mass is 9.87. The summed E-state index contributed by atoms with van der Waals surface area (Å²) in [5.74, 6) is 2.32. The van der Waals surface area contributed by atoms with E-state index < -0.39 is 0 Å². The van der Waals surface area contributed by atoms with E-state index in [1.807, 2.05) is 6.07 Å². The van der Waals surface area contributed by atoms with E-state index in [4.69, 9.17) is 14.2 Å². The Bertz CT molecular complexity index is 441. The minimum absolute atomic E-state index is 0.496. The van der Waals surface area contributed by atoms with Crippen LogP contribution in [0.3, 0.4) is 0 Å². The average Bonchev–Trinajstić information content (AvgIpc) is 2.48. The minimum atomic E-state index is 0.496. The number of nitrogens with one attached hydrogen (secondary N) is 1. The summed E-state index contributed by atoms with van der Waals surface area (Å²) in [6, 6.07) is 4.11. The maximum atomic E-state index is 5.89. The van der Waals surface area contributed by atoms with Gasteiger partial charge in [0.15, 0.2) is 11.5 Å². The van der Waals surface area contributed by atoms with Crippen LogP contribution < -0.4 is 14.8 Å². The molecule has 1 fully saturated rings. The number of ether oxygens (including phenoxy) is 3. The third-order valence-electron chi connectivity index (χ3n) is 3.84. The number of benzene rings is 1. The van der Waals surface area contributed by atoms with Crippen molar-refractivity contribution in [2.45, 2.75) is 25.4 Å². The van der Waals surface area contributed by atoms with Crippen molar-refractivity contribution in [2.75, 3.05) is 33.4 Å². The molecule has 0 spiro atoms. The minimum Gasteiger partial charge on any atom is -0.486 e. The molecule has 0 amide bonds. The first kappa shape index (κ1) is 12.8. The number of methoxy groups -OCH3 is 1. The lowest BCUT2D eigenvalue weighted by Gasteiger charge is -2.30. The lowest BCUT2D eigenvalue weighted by molar-refractivity contribution is 0.163. The summed E-state index contributed by atoms with van der Waals surface area (Å²) in [6.07, 6.45) is 2.41. The summed E-state index contributed by atoms with van der Waals surface area (Å²) in [4.78, 5) is 0. The summed E-state index contributed by atoms with van der Waals surface area (Å²) in [7, 11) is 1.74. The topological polar surface area (TPSA) is 39.7 Å². The molecule has 4 heteroatoms. The van der Waals surface area contributed by atoms with Crippen LogP contribution in [0.1, 0.15) is 29.9 Å². The van der Waals surface area contributed by atoms with E-state index in [-0.39, 0.29) is 0 Å². The second-order valence-corrected chi connectivity index (χ2v) is 5.14. The van der Waals surface area contributed by atoms with E-state index in [1.165, 1.54) is 24.0 Å². The molecule has 2 heterocycles. The van der Waals surface area contributed by atoms with Gasteiger partial charge in [-0.2, -0.15) is 0 Å². The molecule has 1 aromatic rings. The van der Waals surface area contributed by atoms with Gasteiger partial charge >= 0.3 is 0 Å². The van der Waals surface area contributed by atoms with Gasteiger partial charge in [0.1, 0.15) is 13.2 Å². The van der Waals surface area contributed by atoms with Crippen LogP contribution in [0.4, 0.5) is 0 Å². The molecule has 19 heavy (non-hydrogen) atoms. The van der Waals surface area contributed by atoms with Crippen molar-refractivity contribution in [1.29, 1.82) is 0 Å². The van der Waals surface area contributed by atoms with Crippen molar-refractivity contribution in [2.24, 2.45) is 0 Å². The molecular formula is C15H21NO3. The van der Waals surface area contributed by atoms with E-state index in [9.17, 15) is 0 Å². The Kier molecular flexibility index (Phi) is 3.89. The highest BCUT2D eigenvalue weighted by Gasteiger charge is 2.26. The van der Waals surface area contributed by atoms with Gasteiger partial charge in [0, 0.05) is 25.1 Å². The second-order valence-electron chi connectivity index (χ2n) is 5.14. The van der Waals surface area contributed by atoms with Crippen LogP contribution in [0, 0.1) is 0 Å². The van der Waals surface area contributed by atoms with Gasteiger partial charge in [-0.1, -0.05) is 6.07 Å². The Hall–Kier alpha value is -1.26. The Morgan fingerprint density at radius 2 is 2.21 bits per heavy atom. The molecule has 1 aromatic carbocycles. The van der Waals surface area contributed by atoms with E-state index >= 15 is 0 Å². The predicted octanol–water partition coefficient (Wildman–Crippen LogP) is 2.07. The van der Waals surface area contributed by atoms with Gasteiger partial charge in [-0.25, -0.2) is 0 Å². The molecule has 4 nitrogen and oxygen atoms in total. The van der Waals surface area contributed by atoms with Crippen molar-refractivity contribution in [1.82, 2.24) is 5.32 Å². The monoisotopic (exact) mass is 263 g/mol. The first-order valence-corrected chi connectivity index (χ1v) is 7.01. The number of rotatable bonds is 3. The zero-order valence-electron chi connectivity index (χ0n) is 11.4. The van der Waals surface area contributed by atoms with Crippen LogP contribution in [0.25, 0.3) is 0 Å². The number of piperidine rings is 1. The van der Waals surface area contributed by atoms with E-state index in [0.29, 0.717) is 25.7 Å². The zero-order valence-corrected chi connectivity index (χ0v) is 11.4. The van der Waals surface area contributed by atoms with E-state index in [1.54, 1.807) is 7.11 Å². The van der Waals surface area contributed by atoms with Gasteiger partial charge in [0.05, 0.1) is 6.61 Å². The van der Waals surface area contributed by atoms with Crippen LogP contribution in [-0.4, -0.2) is 33.4 Å². The van der Waals surface area contributed by atoms with Gasteiger partial charge in [-0.15, -0.1) is 0 Å². The van der Waals surface area contributed by atoms with Crippen LogP contribution in [0.2, 0.25) is 0 Å². The molecular weight excluding hydrogens is 242 g/mol. The fourth-order valence-electron chi connectivity index (χ4n) is 3.01. The average molecular weight is 263 g/mol. The molecule has 0 aliphatic carbocycles. The summed E-state index contributed by atoms with van der Waals surface area (Å²) in [5.41, 5.74) is 2.51. The highest BCUT2D eigenvalue weighted by Crippen LogP contribution is 2.42. The maximum absolute atomic E-state index is 5.89. The normalized spacial score (nSPS) is 22.3. The largest absolute Gasteiger partial charge is 0.486 e. The quantitative estimate of drug-likeness (QED) is 0.906. The van der Waals surface area contributed by atoms with E-state index in [0.717, 1.165) is 24.6 Å². The van der Waals surface area contributed by atoms with Gasteiger partial charge in [-0.05, 0) is 31.0 Å². The van der Waals surface area contributed by atoms with Crippen molar-refractivity contribution in [3.05, 3.63) is 23.3 Å². The first-order valence-electron chi connectivity index (χ1n) is 7.01. The molecule has 2 aliphatic rings. The summed E-state index contributed by atoms with van der Waals surface area (Å²) in [5, 5.41) is 3.47. The van der Waals surface area contributed by atoms with Gasteiger partial charge in [0.2, 0.25) is 0 Å². The Morgan fingerprint density at radius 1 is 1.32 bits per heavy atom. The Labute approximate surface area is 114 Å². The zero-order chi connectivity index (χ0) is 13.1. The highest BCUT2D eigenvalue weighted by molar-refractivity contribution is 5.53. The summed E-state index contributed by atoms with van der Waals surface area (Å²) >= 11 is 0. The van der Waals surface area contributed by atoms with Gasteiger partial charge in [0.25, 0.3) is 0 Å². The van der Waals surface area contributed by atoms with Crippen LogP contribution in [-0.2, 0) is 11.3 Å². The molecule has 0 radical (unpaired) electrons. The fraction of sp³-hybridized carbons (Fsp3) is 0.600. The second kappa shape index (κ2) is 5.80. The molecule has 0 aromatic heterocycles. The van der Waals surface area contributed by atoms with E-state index in [2.05, 4.69) is 11.4 Å². The predicted molar refractivity (Wildman–Crippen MR) is 73.0 cm³/mol. The first-order chi connectivity index (χ1) is 9.40. The van der Waals surface area contributed by atoms with Crippen molar-refractivity contribution in [3.8, 4) is 11.5 Å². The standard InChI is InChI=1S/C15H21NO3/c1-17-10-12-4-5-13-15(19-8-7-18-13)14(12)11-3-2-6-16-9-11/h4-5,11,16H,2-3,6-10H2,1H3. The molecule has 1 unspecified atom stereocenters. The third-order valence-corrected chi connectivity index (χ3v) is 3.84. The number of fused-ring (bicyclic) bond motifs is 1. The Balaban J connectivity index is 2.01. The van der Waals surface area contributed by atoms with Crippen molar-refractivity contribution >= 4 is 0 Å². The van der Waals surface area contributed by atoms with Crippen LogP contribution in [0.5, 0.6) is 11.5 Å². The number of hydrogen-bond acceptors (Lipinski definition) is 4. The van der Waals surface area contributed by atoms with Crippen LogP contribution in [0.15, 0.2) is 12.1 Å².